The molecule has 0 fully saturated rings. The molecule has 2 rings (SSSR count). The summed E-state index contributed by atoms with van der Waals surface area (Å²) < 4.78 is 10.9. The van der Waals surface area contributed by atoms with E-state index in [1.54, 1.807) is 0 Å². The van der Waals surface area contributed by atoms with Gasteiger partial charge in [-0.15, -0.1) is 6.58 Å². The highest BCUT2D eigenvalue weighted by Gasteiger charge is 2.24. The summed E-state index contributed by atoms with van der Waals surface area (Å²) in [7, 11) is 1.36. The van der Waals surface area contributed by atoms with Gasteiger partial charge in [-0.2, -0.15) is 0 Å². The lowest BCUT2D eigenvalue weighted by molar-refractivity contribution is -0.149. The van der Waals surface area contributed by atoms with Crippen LogP contribution in [-0.4, -0.2) is 13.1 Å². The lowest BCUT2D eigenvalue weighted by Crippen LogP contribution is -2.20. The first kappa shape index (κ1) is 17.3. The summed E-state index contributed by atoms with van der Waals surface area (Å²) in [5, 5.41) is 0.760. The van der Waals surface area contributed by atoms with Gasteiger partial charge in [-0.25, -0.2) is 4.79 Å². The largest absolute Gasteiger partial charge is 0.474 e. The van der Waals surface area contributed by atoms with Crippen molar-refractivity contribution in [3.8, 4) is 5.75 Å². The average Bonchev–Trinajstić information content (AvgIpc) is 2.61. The van der Waals surface area contributed by atoms with Crippen molar-refractivity contribution in [3.63, 3.8) is 0 Å². The molecule has 0 spiro atoms. The molecule has 2 aromatic rings. The first-order chi connectivity index (χ1) is 11.2. The van der Waals surface area contributed by atoms with Gasteiger partial charge >= 0.3 is 5.97 Å². The smallest absolute Gasteiger partial charge is 0.351 e. The molecule has 0 amide bonds. The van der Waals surface area contributed by atoms with Crippen molar-refractivity contribution in [2.75, 3.05) is 7.11 Å². The summed E-state index contributed by atoms with van der Waals surface area (Å²) in [6.45, 7) is 3.78. The molecule has 0 saturated carbocycles. The Morgan fingerprint density at radius 2 is 2.00 bits per heavy atom. The van der Waals surface area contributed by atoms with E-state index in [2.05, 4.69) is 22.5 Å². The quantitative estimate of drug-likeness (QED) is 0.403. The van der Waals surface area contributed by atoms with Crippen LogP contribution in [0, 0.1) is 0 Å². The van der Waals surface area contributed by atoms with E-state index in [4.69, 9.17) is 9.47 Å². The van der Waals surface area contributed by atoms with Crippen molar-refractivity contribution in [1.29, 1.82) is 0 Å². The Balaban J connectivity index is 2.36. The predicted molar refractivity (Wildman–Crippen MR) is 94.8 cm³/mol. The maximum absolute atomic E-state index is 12.1. The van der Waals surface area contributed by atoms with Crippen LogP contribution in [0.5, 0.6) is 5.75 Å². The van der Waals surface area contributed by atoms with Crippen molar-refractivity contribution in [2.45, 2.75) is 17.9 Å². The number of hydrogen-bond acceptors (Lipinski definition) is 3. The number of rotatable bonds is 7. The molecule has 120 valence electrons. The third-order valence-electron chi connectivity index (χ3n) is 3.41. The molecule has 0 aromatic heterocycles. The van der Waals surface area contributed by atoms with Gasteiger partial charge in [0.2, 0.25) is 6.10 Å². The fourth-order valence-electron chi connectivity index (χ4n) is 2.26. The van der Waals surface area contributed by atoms with E-state index in [1.807, 2.05) is 54.6 Å². The molecule has 0 aliphatic heterocycles. The Morgan fingerprint density at radius 3 is 2.61 bits per heavy atom. The molecular formula is C19H19BrO3. The van der Waals surface area contributed by atoms with Gasteiger partial charge in [0.15, 0.2) is 0 Å². The number of ether oxygens (including phenoxy) is 2. The molecule has 23 heavy (non-hydrogen) atoms. The fourth-order valence-corrected chi connectivity index (χ4v) is 2.61. The van der Waals surface area contributed by atoms with Gasteiger partial charge in [0.1, 0.15) is 5.75 Å². The lowest BCUT2D eigenvalue weighted by Gasteiger charge is -2.19. The number of hydrogen-bond donors (Lipinski definition) is 0. The van der Waals surface area contributed by atoms with E-state index in [0.717, 1.165) is 22.0 Å². The van der Waals surface area contributed by atoms with Crippen molar-refractivity contribution in [3.05, 3.63) is 77.9 Å². The van der Waals surface area contributed by atoms with E-state index in [0.29, 0.717) is 12.2 Å². The third kappa shape index (κ3) is 4.45. The van der Waals surface area contributed by atoms with Crippen LogP contribution < -0.4 is 4.74 Å². The fraction of sp³-hybridized carbons (Fsp3) is 0.211. The van der Waals surface area contributed by atoms with Crippen LogP contribution in [0.15, 0.2) is 61.2 Å². The van der Waals surface area contributed by atoms with Gasteiger partial charge in [0.05, 0.1) is 7.11 Å². The standard InChI is InChI=1S/C19H19BrO3/c1-3-7-16-12-14(13-20)10-11-17(16)23-18(19(21)22-2)15-8-5-4-6-9-15/h3-6,8-12,18H,1,7,13H2,2H3. The van der Waals surface area contributed by atoms with E-state index in [-0.39, 0.29) is 0 Å². The molecule has 0 aliphatic carbocycles. The lowest BCUT2D eigenvalue weighted by atomic mass is 10.1. The number of carbonyl (C=O) groups excluding carboxylic acids is 1. The number of methoxy groups -OCH3 is 1. The van der Waals surface area contributed by atoms with Gasteiger partial charge in [-0.1, -0.05) is 64.5 Å². The Kier molecular flexibility index (Phi) is 6.41. The molecule has 1 unspecified atom stereocenters. The van der Waals surface area contributed by atoms with Gasteiger partial charge in [0.25, 0.3) is 0 Å². The molecule has 0 aliphatic rings. The number of carbonyl (C=O) groups is 1. The van der Waals surface area contributed by atoms with E-state index in [9.17, 15) is 4.79 Å². The molecule has 1 atom stereocenters. The van der Waals surface area contributed by atoms with Crippen LogP contribution in [0.4, 0.5) is 0 Å². The Labute approximate surface area is 145 Å². The summed E-state index contributed by atoms with van der Waals surface area (Å²) in [5.74, 6) is 0.235. The van der Waals surface area contributed by atoms with Crippen LogP contribution in [-0.2, 0) is 21.3 Å². The van der Waals surface area contributed by atoms with Gasteiger partial charge in [-0.3, -0.25) is 0 Å². The van der Waals surface area contributed by atoms with Gasteiger partial charge in [0, 0.05) is 10.9 Å². The van der Waals surface area contributed by atoms with E-state index in [1.165, 1.54) is 7.11 Å². The molecule has 0 N–H and O–H groups in total. The maximum Gasteiger partial charge on any atom is 0.351 e. The topological polar surface area (TPSA) is 35.5 Å². The van der Waals surface area contributed by atoms with Crippen molar-refractivity contribution in [1.82, 2.24) is 0 Å². The molecule has 3 nitrogen and oxygen atoms in total. The zero-order valence-electron chi connectivity index (χ0n) is 13.0. The number of esters is 1. The average molecular weight is 375 g/mol. The van der Waals surface area contributed by atoms with Gasteiger partial charge in [-0.05, 0) is 23.6 Å². The second kappa shape index (κ2) is 8.53. The molecular weight excluding hydrogens is 356 g/mol. The summed E-state index contributed by atoms with van der Waals surface area (Å²) in [4.78, 5) is 12.1. The Hall–Kier alpha value is -2.07. The second-order valence-electron chi connectivity index (χ2n) is 5.00. The first-order valence-electron chi connectivity index (χ1n) is 7.27. The highest BCUT2D eigenvalue weighted by molar-refractivity contribution is 9.08. The van der Waals surface area contributed by atoms with Crippen LogP contribution in [0.25, 0.3) is 0 Å². The number of alkyl halides is 1. The normalized spacial score (nSPS) is 11.6. The molecule has 0 radical (unpaired) electrons. The van der Waals surface area contributed by atoms with Crippen molar-refractivity contribution < 1.29 is 14.3 Å². The van der Waals surface area contributed by atoms with Gasteiger partial charge < -0.3 is 9.47 Å². The van der Waals surface area contributed by atoms with Crippen molar-refractivity contribution >= 4 is 21.9 Å². The minimum absolute atomic E-state index is 0.426. The molecule has 4 heteroatoms. The highest BCUT2D eigenvalue weighted by Crippen LogP contribution is 2.28. The zero-order valence-corrected chi connectivity index (χ0v) is 14.6. The maximum atomic E-state index is 12.1. The Morgan fingerprint density at radius 1 is 1.26 bits per heavy atom. The van der Waals surface area contributed by atoms with Crippen molar-refractivity contribution in [2.24, 2.45) is 0 Å². The summed E-state index contributed by atoms with van der Waals surface area (Å²) in [5.41, 5.74) is 2.89. The number of allylic oxidation sites excluding steroid dienone is 1. The minimum atomic E-state index is -0.792. The van der Waals surface area contributed by atoms with Crippen LogP contribution in [0.3, 0.4) is 0 Å². The molecule has 0 bridgehead atoms. The monoisotopic (exact) mass is 374 g/mol. The number of benzene rings is 2. The highest BCUT2D eigenvalue weighted by atomic mass is 79.9. The van der Waals surface area contributed by atoms with E-state index < -0.39 is 12.1 Å². The predicted octanol–water partition coefficient (Wildman–Crippen LogP) is 4.60. The third-order valence-corrected chi connectivity index (χ3v) is 4.05. The van der Waals surface area contributed by atoms with Crippen LogP contribution >= 0.6 is 15.9 Å². The first-order valence-corrected chi connectivity index (χ1v) is 8.39. The zero-order chi connectivity index (χ0) is 16.7. The van der Waals surface area contributed by atoms with Crippen LogP contribution in [0.2, 0.25) is 0 Å². The Bertz CT molecular complexity index is 668. The summed E-state index contributed by atoms with van der Waals surface area (Å²) >= 11 is 3.45. The molecule has 0 saturated heterocycles. The van der Waals surface area contributed by atoms with Crippen LogP contribution in [0.1, 0.15) is 22.8 Å². The summed E-state index contributed by atoms with van der Waals surface area (Å²) in [6, 6.07) is 15.2. The molecule has 2 aromatic carbocycles. The number of halogens is 1. The minimum Gasteiger partial charge on any atom is -0.474 e. The van der Waals surface area contributed by atoms with E-state index >= 15 is 0 Å². The SMILES string of the molecule is C=CCc1cc(CBr)ccc1OC(C(=O)OC)c1ccccc1. The second-order valence-corrected chi connectivity index (χ2v) is 5.56. The molecule has 0 heterocycles. The summed E-state index contributed by atoms with van der Waals surface area (Å²) in [6.07, 6.45) is 1.69.